The summed E-state index contributed by atoms with van der Waals surface area (Å²) < 4.78 is 74.0. The molecule has 296 valence electrons. The molecule has 0 saturated carbocycles. The summed E-state index contributed by atoms with van der Waals surface area (Å²) in [5, 5.41) is 0. The average molecular weight is 803 g/mol. The molecule has 0 heterocycles. The van der Waals surface area contributed by atoms with E-state index in [0.29, 0.717) is 33.9 Å². The van der Waals surface area contributed by atoms with Crippen molar-refractivity contribution in [1.82, 2.24) is 0 Å². The second-order valence-corrected chi connectivity index (χ2v) is 14.5. The van der Waals surface area contributed by atoms with Gasteiger partial charge in [0.1, 0.15) is 0 Å². The van der Waals surface area contributed by atoms with Crippen LogP contribution in [0, 0.1) is 0 Å². The molecule has 2 nitrogen and oxygen atoms in total. The predicted molar refractivity (Wildman–Crippen MR) is 266 cm³/mol. The highest BCUT2D eigenvalue weighted by atomic mass is 15.1. The molecule has 62 heavy (non-hydrogen) atoms. The van der Waals surface area contributed by atoms with Crippen molar-refractivity contribution in [1.29, 1.82) is 0 Å². The largest absolute Gasteiger partial charge is 0.311 e. The van der Waals surface area contributed by atoms with E-state index in [1.54, 1.807) is 46.2 Å². The van der Waals surface area contributed by atoms with Gasteiger partial charge in [0, 0.05) is 34.1 Å². The fraction of sp³-hybridized carbons (Fsp3) is 0. The number of hydrogen-bond acceptors (Lipinski definition) is 2. The first-order chi connectivity index (χ1) is 34.0. The Morgan fingerprint density at radius 1 is 0.323 bits per heavy atom. The van der Waals surface area contributed by atoms with Crippen LogP contribution in [-0.4, -0.2) is 0 Å². The van der Waals surface area contributed by atoms with Crippen molar-refractivity contribution in [3.05, 3.63) is 273 Å². The van der Waals surface area contributed by atoms with E-state index < -0.39 is 0 Å². The molecule has 0 spiro atoms. The number of nitrogens with zero attached hydrogens (tertiary/aromatic N) is 2. The summed E-state index contributed by atoms with van der Waals surface area (Å²) in [5.74, 6) is 0. The molecule has 2 heteroatoms. The molecule has 0 saturated heterocycles. The normalized spacial score (nSPS) is 12.9. The fourth-order valence-electron chi connectivity index (χ4n) is 7.40. The number of rotatable bonds is 13. The van der Waals surface area contributed by atoms with E-state index in [0.717, 1.165) is 33.4 Å². The summed E-state index contributed by atoms with van der Waals surface area (Å²) in [6.07, 6.45) is 5.30. The lowest BCUT2D eigenvalue weighted by Crippen LogP contribution is -2.10. The van der Waals surface area contributed by atoms with Gasteiger partial charge in [-0.15, -0.1) is 0 Å². The van der Waals surface area contributed by atoms with Gasteiger partial charge in [0.2, 0.25) is 0 Å². The summed E-state index contributed by atoms with van der Waals surface area (Å²) in [4.78, 5) is 3.52. The molecule has 0 N–H and O–H groups in total. The van der Waals surface area contributed by atoms with E-state index in [1.165, 1.54) is 0 Å². The van der Waals surface area contributed by atoms with Crippen LogP contribution in [0.1, 0.15) is 16.5 Å². The Bertz CT molecular complexity index is 3340. The van der Waals surface area contributed by atoms with Crippen LogP contribution >= 0.6 is 0 Å². The van der Waals surface area contributed by atoms with Gasteiger partial charge in [-0.1, -0.05) is 195 Å². The molecule has 0 aromatic heterocycles. The maximum atomic E-state index is 9.35. The zero-order chi connectivity index (χ0) is 49.1. The monoisotopic (exact) mass is 802 g/mol. The van der Waals surface area contributed by atoms with E-state index in [2.05, 4.69) is 13.2 Å². The van der Waals surface area contributed by atoms with Crippen LogP contribution in [-0.2, 0) is 0 Å². The molecule has 0 radical (unpaired) electrons. The topological polar surface area (TPSA) is 6.48 Å². The van der Waals surface area contributed by atoms with E-state index in [1.807, 2.05) is 170 Å². The molecule has 0 aliphatic rings. The van der Waals surface area contributed by atoms with Crippen LogP contribution < -0.4 is 9.80 Å². The third kappa shape index (κ3) is 8.58. The lowest BCUT2D eigenvalue weighted by molar-refractivity contribution is 1.28. The van der Waals surface area contributed by atoms with E-state index in [4.69, 9.17) is 5.48 Å². The Morgan fingerprint density at radius 3 is 0.919 bits per heavy atom. The lowest BCUT2D eigenvalue weighted by atomic mass is 10.0. The Hall–Kier alpha value is -8.20. The molecule has 0 unspecified atom stereocenters. The van der Waals surface area contributed by atoms with Gasteiger partial charge in [-0.25, -0.2) is 0 Å². The van der Waals surface area contributed by atoms with Crippen LogP contribution in [0.3, 0.4) is 0 Å². The van der Waals surface area contributed by atoms with Gasteiger partial charge in [0.25, 0.3) is 0 Å². The highest BCUT2D eigenvalue weighted by Gasteiger charge is 2.16. The smallest absolute Gasteiger partial charge is 0.0645 e. The molecular formula is C60H46N2. The molecule has 9 rings (SSSR count). The number of benzene rings is 9. The van der Waals surface area contributed by atoms with Gasteiger partial charge in [0.05, 0.1) is 11.0 Å². The van der Waals surface area contributed by atoms with Crippen LogP contribution in [0.25, 0.3) is 50.1 Å². The van der Waals surface area contributed by atoms with Gasteiger partial charge in [-0.2, -0.15) is 0 Å². The van der Waals surface area contributed by atoms with Crippen molar-refractivity contribution < 1.29 is 11.0 Å². The zero-order valence-corrected chi connectivity index (χ0v) is 33.9. The second kappa shape index (κ2) is 18.4. The molecule has 0 bridgehead atoms. The summed E-state index contributed by atoms with van der Waals surface area (Å²) in [6, 6.07) is 57.6. The highest BCUT2D eigenvalue weighted by molar-refractivity contribution is 5.84. The maximum absolute atomic E-state index is 9.35. The van der Waals surface area contributed by atoms with Crippen LogP contribution in [0.15, 0.2) is 268 Å². The van der Waals surface area contributed by atoms with E-state index >= 15 is 0 Å². The highest BCUT2D eigenvalue weighted by Crippen LogP contribution is 2.40. The Labute approximate surface area is 377 Å². The number of anilines is 6. The number of hydrogen-bond donors (Lipinski definition) is 0. The van der Waals surface area contributed by atoms with Gasteiger partial charge in [0.15, 0.2) is 0 Å². The summed E-state index contributed by atoms with van der Waals surface area (Å²) in [6.45, 7) is 7.77. The first-order valence-corrected chi connectivity index (χ1v) is 20.3. The maximum Gasteiger partial charge on any atom is 0.0645 e. The fourth-order valence-corrected chi connectivity index (χ4v) is 7.40. The SMILES string of the molecule is [2H]c1c([2H])c(N(c2ccc(/C(C=C)=C/C=C)cc2)c2ccc(-c3ccc(N(c4ccc(-c5ccccc5)cc4)c4c([2H])c([2H])c(-c5ccccc5)c([2H])c4[2H])cc3)cc2)c([2H])c([2H])c1-c1ccccc1. The molecule has 0 fully saturated rings. The van der Waals surface area contributed by atoms with Crippen molar-refractivity contribution in [3.63, 3.8) is 0 Å². The van der Waals surface area contributed by atoms with Crippen LogP contribution in [0.4, 0.5) is 34.1 Å². The summed E-state index contributed by atoms with van der Waals surface area (Å²) in [7, 11) is 0. The molecule has 9 aromatic rings. The standard InChI is InChI=1S/C60H46N2/c1-3-14-45(4-2)49-21-33-55(34-22-49)61(56-35-23-50(24-36-56)46-15-8-5-9-16-46)59-41-29-53(30-42-59)54-31-43-60(44-32-54)62(57-37-25-51(26-38-57)47-17-10-6-11-18-47)58-39-27-52(28-40-58)48-19-12-7-13-20-48/h3-44H,1-2H2/b45-14+/i23D,24D,25D,26D,35D,36D,37D,38D. The van der Waals surface area contributed by atoms with Crippen molar-refractivity contribution in [2.75, 3.05) is 9.80 Å². The summed E-state index contributed by atoms with van der Waals surface area (Å²) >= 11 is 0. The van der Waals surface area contributed by atoms with Gasteiger partial charge in [-0.3, -0.25) is 0 Å². The molecular weight excluding hydrogens is 749 g/mol. The van der Waals surface area contributed by atoms with Gasteiger partial charge >= 0.3 is 0 Å². The van der Waals surface area contributed by atoms with Crippen LogP contribution in [0.2, 0.25) is 0 Å². The molecule has 0 amide bonds. The molecule has 0 aliphatic carbocycles. The van der Waals surface area contributed by atoms with Gasteiger partial charge in [-0.05, 0) is 128 Å². The first kappa shape index (κ1) is 30.8. The third-order valence-corrected chi connectivity index (χ3v) is 10.6. The van der Waals surface area contributed by atoms with Crippen molar-refractivity contribution in [2.24, 2.45) is 0 Å². The van der Waals surface area contributed by atoms with Crippen molar-refractivity contribution in [2.45, 2.75) is 0 Å². The minimum atomic E-state index is -0.183. The van der Waals surface area contributed by atoms with E-state index in [-0.39, 0.29) is 70.8 Å². The first-order valence-electron chi connectivity index (χ1n) is 24.3. The van der Waals surface area contributed by atoms with Crippen molar-refractivity contribution in [3.8, 4) is 44.5 Å². The minimum absolute atomic E-state index is 0.105. The minimum Gasteiger partial charge on any atom is -0.311 e. The van der Waals surface area contributed by atoms with E-state index in [9.17, 15) is 5.48 Å². The predicted octanol–water partition coefficient (Wildman–Crippen LogP) is 17.0. The zero-order valence-electron chi connectivity index (χ0n) is 41.9. The second-order valence-electron chi connectivity index (χ2n) is 14.5. The number of allylic oxidation sites excluding steroid dienone is 4. The Balaban J connectivity index is 1.12. The van der Waals surface area contributed by atoms with Crippen LogP contribution in [0.5, 0.6) is 0 Å². The molecule has 0 atom stereocenters. The summed E-state index contributed by atoms with van der Waals surface area (Å²) in [5.41, 5.74) is 9.88. The average Bonchev–Trinajstić information content (AvgIpc) is 3.40. The Kier molecular flexibility index (Phi) is 9.13. The molecule has 0 aliphatic heterocycles. The molecule has 9 aromatic carbocycles. The van der Waals surface area contributed by atoms with Crippen molar-refractivity contribution >= 4 is 39.7 Å². The Morgan fingerprint density at radius 2 is 0.613 bits per heavy atom. The third-order valence-electron chi connectivity index (χ3n) is 10.6. The lowest BCUT2D eigenvalue weighted by Gasteiger charge is -2.27. The quantitative estimate of drug-likeness (QED) is 0.107. The van der Waals surface area contributed by atoms with Gasteiger partial charge < -0.3 is 9.80 Å².